The molecule has 1 heterocycles. The Morgan fingerprint density at radius 2 is 1.76 bits per heavy atom. The lowest BCUT2D eigenvalue weighted by Crippen LogP contribution is -2.33. The summed E-state index contributed by atoms with van der Waals surface area (Å²) in [6.45, 7) is 1.14. The number of carbonyl (C=O) groups is 1. The molecule has 13 heteroatoms. The summed E-state index contributed by atoms with van der Waals surface area (Å²) in [5, 5.41) is 9.41. The van der Waals surface area contributed by atoms with Crippen LogP contribution in [0.4, 0.5) is 26.3 Å². The molecule has 2 aromatic carbocycles. The van der Waals surface area contributed by atoms with Gasteiger partial charge in [0.25, 0.3) is 5.91 Å². The molecule has 0 bridgehead atoms. The van der Waals surface area contributed by atoms with E-state index in [4.69, 9.17) is 4.84 Å². The van der Waals surface area contributed by atoms with Crippen LogP contribution < -0.4 is 5.32 Å². The number of halogens is 6. The third kappa shape index (κ3) is 6.33. The first-order valence-electron chi connectivity index (χ1n) is 9.58. The van der Waals surface area contributed by atoms with Gasteiger partial charge in [-0.1, -0.05) is 40.6 Å². The summed E-state index contributed by atoms with van der Waals surface area (Å²) in [5.41, 5.74) is -0.528. The Kier molecular flexibility index (Phi) is 7.23. The second-order valence-corrected chi connectivity index (χ2v) is 6.94. The summed E-state index contributed by atoms with van der Waals surface area (Å²) in [6.07, 6.45) is -8.10. The molecule has 0 saturated heterocycles. The highest BCUT2D eigenvalue weighted by molar-refractivity contribution is 5.96. The fourth-order valence-corrected chi connectivity index (χ4v) is 2.72. The number of oxime groups is 1. The average molecular weight is 486 g/mol. The molecular weight excluding hydrogens is 470 g/mol. The Balaban J connectivity index is 1.54. The molecule has 7 nitrogen and oxygen atoms in total. The maximum Gasteiger partial charge on any atom is 0.471 e. The summed E-state index contributed by atoms with van der Waals surface area (Å²) >= 11 is 0. The van der Waals surface area contributed by atoms with E-state index in [2.05, 4.69) is 25.1 Å². The number of aromatic nitrogens is 2. The van der Waals surface area contributed by atoms with Crippen LogP contribution in [0.2, 0.25) is 0 Å². The fraction of sp³-hybridized carbons (Fsp3) is 0.238. The van der Waals surface area contributed by atoms with Gasteiger partial charge >= 0.3 is 18.2 Å². The van der Waals surface area contributed by atoms with Crippen molar-refractivity contribution in [3.63, 3.8) is 0 Å². The predicted octanol–water partition coefficient (Wildman–Crippen LogP) is 5.10. The Morgan fingerprint density at radius 1 is 1.09 bits per heavy atom. The number of carbonyl (C=O) groups excluding carboxylic acids is 1. The predicted molar refractivity (Wildman–Crippen MR) is 106 cm³/mol. The van der Waals surface area contributed by atoms with Crippen molar-refractivity contribution in [2.75, 3.05) is 0 Å². The zero-order chi connectivity index (χ0) is 24.9. The highest BCUT2D eigenvalue weighted by atomic mass is 19.4. The molecule has 0 fully saturated rings. The lowest BCUT2D eigenvalue weighted by atomic mass is 10.1. The van der Waals surface area contributed by atoms with Crippen LogP contribution in [0.15, 0.2) is 58.2 Å². The van der Waals surface area contributed by atoms with E-state index >= 15 is 0 Å². The fourth-order valence-electron chi connectivity index (χ4n) is 2.72. The van der Waals surface area contributed by atoms with Crippen LogP contribution in [0.3, 0.4) is 0 Å². The van der Waals surface area contributed by atoms with Crippen LogP contribution in [0.25, 0.3) is 11.4 Å². The minimum Gasteiger partial charge on any atom is -0.391 e. The minimum atomic E-state index is -4.77. The third-order valence-corrected chi connectivity index (χ3v) is 4.33. The SMILES string of the molecule is CC(/C=N/OCc1ccccc1C(F)(F)F)NC(=O)c1ccc(-c2noc(C(F)(F)F)n2)cc1. The summed E-state index contributed by atoms with van der Waals surface area (Å²) < 4.78 is 80.7. The van der Waals surface area contributed by atoms with Crippen molar-refractivity contribution in [1.29, 1.82) is 0 Å². The monoisotopic (exact) mass is 486 g/mol. The van der Waals surface area contributed by atoms with Crippen LogP contribution in [-0.2, 0) is 23.8 Å². The zero-order valence-electron chi connectivity index (χ0n) is 17.3. The van der Waals surface area contributed by atoms with E-state index in [1.165, 1.54) is 48.7 Å². The topological polar surface area (TPSA) is 89.6 Å². The van der Waals surface area contributed by atoms with Crippen molar-refractivity contribution in [2.24, 2.45) is 5.16 Å². The largest absolute Gasteiger partial charge is 0.471 e. The van der Waals surface area contributed by atoms with Gasteiger partial charge in [-0.05, 0) is 25.1 Å². The molecule has 3 aromatic rings. The van der Waals surface area contributed by atoms with Gasteiger partial charge in [-0.15, -0.1) is 0 Å². The van der Waals surface area contributed by atoms with E-state index in [-0.39, 0.29) is 22.5 Å². The molecule has 0 saturated carbocycles. The van der Waals surface area contributed by atoms with Gasteiger partial charge in [0.2, 0.25) is 5.82 Å². The Hall–Kier alpha value is -3.90. The molecular formula is C21H16F6N4O3. The lowest BCUT2D eigenvalue weighted by Gasteiger charge is -2.12. The Morgan fingerprint density at radius 3 is 2.38 bits per heavy atom. The molecule has 1 atom stereocenters. The smallest absolute Gasteiger partial charge is 0.391 e. The second kappa shape index (κ2) is 9.93. The van der Waals surface area contributed by atoms with Crippen molar-refractivity contribution in [2.45, 2.75) is 31.9 Å². The van der Waals surface area contributed by atoms with E-state index in [1.807, 2.05) is 0 Å². The number of hydrogen-bond donors (Lipinski definition) is 1. The Bertz CT molecular complexity index is 1160. The van der Waals surface area contributed by atoms with Crippen LogP contribution >= 0.6 is 0 Å². The van der Waals surface area contributed by atoms with E-state index in [9.17, 15) is 31.1 Å². The van der Waals surface area contributed by atoms with Gasteiger partial charge in [0.1, 0.15) is 6.61 Å². The summed E-state index contributed by atoms with van der Waals surface area (Å²) in [6, 6.07) is 9.67. The molecule has 34 heavy (non-hydrogen) atoms. The van der Waals surface area contributed by atoms with Gasteiger partial charge in [-0.2, -0.15) is 31.3 Å². The molecule has 0 spiro atoms. The van der Waals surface area contributed by atoms with Gasteiger partial charge in [0.05, 0.1) is 17.8 Å². The normalized spacial score (nSPS) is 13.1. The highest BCUT2D eigenvalue weighted by Crippen LogP contribution is 2.32. The summed E-state index contributed by atoms with van der Waals surface area (Å²) in [4.78, 5) is 20.5. The van der Waals surface area contributed by atoms with Crippen LogP contribution in [0.1, 0.15) is 34.3 Å². The maximum absolute atomic E-state index is 13.0. The molecule has 0 aliphatic heterocycles. The zero-order valence-corrected chi connectivity index (χ0v) is 17.3. The highest BCUT2D eigenvalue weighted by Gasteiger charge is 2.38. The van der Waals surface area contributed by atoms with Crippen molar-refractivity contribution >= 4 is 12.1 Å². The first kappa shape index (κ1) is 24.7. The van der Waals surface area contributed by atoms with Gasteiger partial charge in [-0.25, -0.2) is 0 Å². The molecule has 180 valence electrons. The van der Waals surface area contributed by atoms with Crippen molar-refractivity contribution in [3.8, 4) is 11.4 Å². The van der Waals surface area contributed by atoms with Crippen molar-refractivity contribution in [1.82, 2.24) is 15.5 Å². The molecule has 0 radical (unpaired) electrons. The number of nitrogens with one attached hydrogen (secondary N) is 1. The van der Waals surface area contributed by atoms with Crippen LogP contribution in [0, 0.1) is 0 Å². The third-order valence-electron chi connectivity index (χ3n) is 4.33. The number of alkyl halides is 6. The maximum atomic E-state index is 13.0. The minimum absolute atomic E-state index is 0.0899. The van der Waals surface area contributed by atoms with Crippen molar-refractivity contribution < 1.29 is 40.5 Å². The Labute approximate surface area is 188 Å². The quantitative estimate of drug-likeness (QED) is 0.285. The van der Waals surface area contributed by atoms with Gasteiger partial charge in [-0.3, -0.25) is 4.79 Å². The molecule has 1 amide bonds. The number of amides is 1. The molecule has 0 aliphatic carbocycles. The lowest BCUT2D eigenvalue weighted by molar-refractivity contribution is -0.159. The summed E-state index contributed by atoms with van der Waals surface area (Å²) in [5.74, 6) is -2.30. The first-order valence-corrected chi connectivity index (χ1v) is 9.58. The molecule has 1 N–H and O–H groups in total. The van der Waals surface area contributed by atoms with Gasteiger partial charge < -0.3 is 14.7 Å². The summed E-state index contributed by atoms with van der Waals surface area (Å²) in [7, 11) is 0. The van der Waals surface area contributed by atoms with E-state index in [0.29, 0.717) is 0 Å². The number of rotatable bonds is 7. The van der Waals surface area contributed by atoms with Crippen molar-refractivity contribution in [3.05, 3.63) is 71.1 Å². The van der Waals surface area contributed by atoms with Crippen LogP contribution in [-0.4, -0.2) is 28.3 Å². The number of nitrogens with zero attached hydrogens (tertiary/aromatic N) is 3. The molecule has 1 unspecified atom stereocenters. The van der Waals surface area contributed by atoms with E-state index < -0.39 is 42.4 Å². The first-order chi connectivity index (χ1) is 15.9. The molecule has 0 aliphatic rings. The molecule has 1 aromatic heterocycles. The van der Waals surface area contributed by atoms with Gasteiger partial charge in [0.15, 0.2) is 0 Å². The van der Waals surface area contributed by atoms with E-state index in [0.717, 1.165) is 6.07 Å². The number of benzene rings is 2. The van der Waals surface area contributed by atoms with Crippen LogP contribution in [0.5, 0.6) is 0 Å². The van der Waals surface area contributed by atoms with Gasteiger partial charge in [0, 0.05) is 16.7 Å². The second-order valence-electron chi connectivity index (χ2n) is 6.94. The number of hydrogen-bond acceptors (Lipinski definition) is 6. The standard InChI is InChI=1S/C21H16F6N4O3/c1-12(10-28-33-11-15-4-2-3-5-16(15)20(22,23)24)29-18(32)14-8-6-13(7-9-14)17-30-19(34-31-17)21(25,26)27/h2-10,12H,11H2,1H3,(H,29,32)/b28-10+. The van der Waals surface area contributed by atoms with E-state index in [1.54, 1.807) is 6.92 Å². The molecule has 3 rings (SSSR count). The average Bonchev–Trinajstić information content (AvgIpc) is 3.27.